The van der Waals surface area contributed by atoms with Gasteiger partial charge in [0.2, 0.25) is 5.95 Å². The van der Waals surface area contributed by atoms with E-state index in [1.807, 2.05) is 12.3 Å². The van der Waals surface area contributed by atoms with E-state index in [-0.39, 0.29) is 5.56 Å². The van der Waals surface area contributed by atoms with Gasteiger partial charge in [-0.3, -0.25) is 4.79 Å². The number of aromatic nitrogens is 3. The molecule has 0 unspecified atom stereocenters. The Labute approximate surface area is 154 Å². The Balaban J connectivity index is 1.50. The zero-order chi connectivity index (χ0) is 17.9. The molecule has 0 N–H and O–H groups in total. The third-order valence-corrected chi connectivity index (χ3v) is 5.60. The molecule has 2 aliphatic rings. The molecule has 4 heterocycles. The molecule has 0 amide bonds. The summed E-state index contributed by atoms with van der Waals surface area (Å²) in [5.41, 5.74) is 0.762. The fraction of sp³-hybridized carbons (Fsp3) is 0.632. The predicted octanol–water partition coefficient (Wildman–Crippen LogP) is 1.03. The highest BCUT2D eigenvalue weighted by Gasteiger charge is 2.17. The second-order valence-electron chi connectivity index (χ2n) is 7.48. The van der Waals surface area contributed by atoms with E-state index in [0.717, 1.165) is 63.8 Å². The molecule has 26 heavy (non-hydrogen) atoms. The summed E-state index contributed by atoms with van der Waals surface area (Å²) in [6.07, 6.45) is 7.47. The lowest BCUT2D eigenvalue weighted by Crippen LogP contribution is -2.45. The smallest absolute Gasteiger partial charge is 0.261 e. The first-order valence-corrected chi connectivity index (χ1v) is 9.73. The highest BCUT2D eigenvalue weighted by Crippen LogP contribution is 2.14. The maximum atomic E-state index is 12.8. The quantitative estimate of drug-likeness (QED) is 0.816. The Morgan fingerprint density at radius 3 is 2.54 bits per heavy atom. The molecule has 2 aromatic rings. The average Bonchev–Trinajstić information content (AvgIpc) is 2.69. The van der Waals surface area contributed by atoms with E-state index in [1.165, 1.54) is 19.3 Å². The number of likely N-dealkylation sites (tertiary alicyclic amines) is 1. The third-order valence-electron chi connectivity index (χ3n) is 5.60. The van der Waals surface area contributed by atoms with Crippen LogP contribution in [0.15, 0.2) is 23.3 Å². The van der Waals surface area contributed by atoms with Crippen molar-refractivity contribution in [2.75, 3.05) is 57.8 Å². The highest BCUT2D eigenvalue weighted by molar-refractivity contribution is 5.77. The molecule has 0 aliphatic carbocycles. The molecular weight excluding hydrogens is 328 g/mol. The summed E-state index contributed by atoms with van der Waals surface area (Å²) in [7, 11) is 2.13. The van der Waals surface area contributed by atoms with Crippen LogP contribution in [0.5, 0.6) is 0 Å². The van der Waals surface area contributed by atoms with E-state index in [1.54, 1.807) is 10.8 Å². The number of likely N-dealkylation sites (N-methyl/N-ethyl adjacent to an activating group) is 1. The monoisotopic (exact) mass is 356 g/mol. The lowest BCUT2D eigenvalue weighted by atomic mass is 10.1. The molecule has 2 saturated heterocycles. The van der Waals surface area contributed by atoms with Gasteiger partial charge in [-0.25, -0.2) is 9.97 Å². The van der Waals surface area contributed by atoms with Gasteiger partial charge in [0.25, 0.3) is 5.56 Å². The molecule has 7 nitrogen and oxygen atoms in total. The molecule has 140 valence electrons. The number of nitrogens with zero attached hydrogens (tertiary/aromatic N) is 6. The van der Waals surface area contributed by atoms with Crippen LogP contribution in [0, 0.1) is 0 Å². The molecular formula is C19H28N6O. The van der Waals surface area contributed by atoms with Crippen LogP contribution >= 0.6 is 0 Å². The minimum Gasteiger partial charge on any atom is -0.338 e. The van der Waals surface area contributed by atoms with Crippen molar-refractivity contribution in [1.29, 1.82) is 0 Å². The van der Waals surface area contributed by atoms with Crippen LogP contribution in [0.2, 0.25) is 0 Å². The topological polar surface area (TPSA) is 57.5 Å². The summed E-state index contributed by atoms with van der Waals surface area (Å²) in [6.45, 7) is 7.85. The zero-order valence-electron chi connectivity index (χ0n) is 15.6. The van der Waals surface area contributed by atoms with Crippen molar-refractivity contribution < 1.29 is 0 Å². The molecule has 2 aliphatic heterocycles. The van der Waals surface area contributed by atoms with Crippen LogP contribution in [0.3, 0.4) is 0 Å². The van der Waals surface area contributed by atoms with E-state index < -0.39 is 0 Å². The number of hydrogen-bond acceptors (Lipinski definition) is 6. The number of hydrogen-bond donors (Lipinski definition) is 0. The second kappa shape index (κ2) is 7.72. The number of piperazine rings is 1. The zero-order valence-corrected chi connectivity index (χ0v) is 15.6. The summed E-state index contributed by atoms with van der Waals surface area (Å²) in [5.74, 6) is 0.732. The number of rotatable bonds is 4. The Morgan fingerprint density at radius 2 is 1.77 bits per heavy atom. The van der Waals surface area contributed by atoms with E-state index in [4.69, 9.17) is 0 Å². The molecule has 0 bridgehead atoms. The van der Waals surface area contributed by atoms with Gasteiger partial charge in [-0.15, -0.1) is 0 Å². The van der Waals surface area contributed by atoms with Gasteiger partial charge in [0.15, 0.2) is 0 Å². The highest BCUT2D eigenvalue weighted by atomic mass is 16.1. The van der Waals surface area contributed by atoms with Crippen molar-refractivity contribution in [3.8, 4) is 0 Å². The third kappa shape index (κ3) is 3.73. The summed E-state index contributed by atoms with van der Waals surface area (Å²) in [4.78, 5) is 28.9. The summed E-state index contributed by atoms with van der Waals surface area (Å²) in [5, 5.41) is 0.615. The molecule has 0 saturated carbocycles. The molecule has 0 spiro atoms. The van der Waals surface area contributed by atoms with Gasteiger partial charge in [-0.2, -0.15) is 0 Å². The van der Waals surface area contributed by atoms with Gasteiger partial charge in [0, 0.05) is 51.7 Å². The van der Waals surface area contributed by atoms with Crippen LogP contribution in [-0.2, 0) is 6.54 Å². The first-order chi connectivity index (χ1) is 12.7. The molecule has 0 atom stereocenters. The fourth-order valence-electron chi connectivity index (χ4n) is 3.83. The van der Waals surface area contributed by atoms with Gasteiger partial charge in [-0.05, 0) is 39.0 Å². The van der Waals surface area contributed by atoms with Crippen molar-refractivity contribution in [3.05, 3.63) is 28.8 Å². The fourth-order valence-corrected chi connectivity index (χ4v) is 3.83. The standard InChI is InChI=1S/C19H28N6O/c1-22-9-12-25(13-10-22)19-20-15-16-17(21-19)5-8-24(18(16)26)14-11-23-6-3-2-4-7-23/h5,8,15H,2-4,6-7,9-14H2,1H3. The lowest BCUT2D eigenvalue weighted by Gasteiger charge is -2.32. The van der Waals surface area contributed by atoms with E-state index in [2.05, 4.69) is 31.7 Å². The van der Waals surface area contributed by atoms with Gasteiger partial charge >= 0.3 is 0 Å². The van der Waals surface area contributed by atoms with Crippen molar-refractivity contribution >= 4 is 16.9 Å². The maximum absolute atomic E-state index is 12.8. The molecule has 2 aromatic heterocycles. The average molecular weight is 356 g/mol. The summed E-state index contributed by atoms with van der Waals surface area (Å²) < 4.78 is 1.80. The van der Waals surface area contributed by atoms with Crippen molar-refractivity contribution in [1.82, 2.24) is 24.3 Å². The number of piperidine rings is 1. The number of anilines is 1. The van der Waals surface area contributed by atoms with Crippen LogP contribution in [0.25, 0.3) is 10.9 Å². The normalized spacial score (nSPS) is 20.0. The Morgan fingerprint density at radius 1 is 1.00 bits per heavy atom. The van der Waals surface area contributed by atoms with E-state index >= 15 is 0 Å². The van der Waals surface area contributed by atoms with E-state index in [9.17, 15) is 4.79 Å². The van der Waals surface area contributed by atoms with Crippen molar-refractivity contribution in [3.63, 3.8) is 0 Å². The number of pyridine rings is 1. The van der Waals surface area contributed by atoms with Gasteiger partial charge in [0.1, 0.15) is 0 Å². The first kappa shape index (κ1) is 17.4. The van der Waals surface area contributed by atoms with Gasteiger partial charge < -0.3 is 19.3 Å². The Bertz CT molecular complexity index is 805. The molecule has 4 rings (SSSR count). The Hall–Kier alpha value is -1.99. The van der Waals surface area contributed by atoms with Gasteiger partial charge in [-0.1, -0.05) is 6.42 Å². The van der Waals surface area contributed by atoms with Crippen molar-refractivity contribution in [2.24, 2.45) is 0 Å². The lowest BCUT2D eigenvalue weighted by molar-refractivity contribution is 0.220. The summed E-state index contributed by atoms with van der Waals surface area (Å²) >= 11 is 0. The van der Waals surface area contributed by atoms with Gasteiger partial charge in [0.05, 0.1) is 10.9 Å². The van der Waals surface area contributed by atoms with Crippen molar-refractivity contribution in [2.45, 2.75) is 25.8 Å². The SMILES string of the molecule is CN1CCN(c2ncc3c(=O)n(CCN4CCCCC4)ccc3n2)CC1. The van der Waals surface area contributed by atoms with Crippen LogP contribution in [0.4, 0.5) is 5.95 Å². The minimum absolute atomic E-state index is 0.0180. The first-order valence-electron chi connectivity index (χ1n) is 9.73. The number of fused-ring (bicyclic) bond motifs is 1. The van der Waals surface area contributed by atoms with Crippen LogP contribution < -0.4 is 10.5 Å². The van der Waals surface area contributed by atoms with E-state index in [0.29, 0.717) is 5.39 Å². The minimum atomic E-state index is 0.0180. The second-order valence-corrected chi connectivity index (χ2v) is 7.48. The largest absolute Gasteiger partial charge is 0.338 e. The van der Waals surface area contributed by atoms with Crippen LogP contribution in [-0.4, -0.2) is 77.2 Å². The predicted molar refractivity (Wildman–Crippen MR) is 104 cm³/mol. The maximum Gasteiger partial charge on any atom is 0.261 e. The molecule has 0 aromatic carbocycles. The molecule has 7 heteroatoms. The Kier molecular flexibility index (Phi) is 5.17. The molecule has 0 radical (unpaired) electrons. The van der Waals surface area contributed by atoms with Crippen LogP contribution in [0.1, 0.15) is 19.3 Å². The summed E-state index contributed by atoms with van der Waals surface area (Å²) in [6, 6.07) is 1.95. The molecule has 2 fully saturated rings.